The predicted molar refractivity (Wildman–Crippen MR) is 125 cm³/mol. The van der Waals surface area contributed by atoms with Crippen molar-refractivity contribution in [1.82, 2.24) is 30.1 Å². The lowest BCUT2D eigenvalue weighted by atomic mass is 9.97. The monoisotopic (exact) mass is 514 g/mol. The lowest BCUT2D eigenvalue weighted by Gasteiger charge is -2.37. The topological polar surface area (TPSA) is 133 Å². The number of anilines is 3. The first-order chi connectivity index (χ1) is 17.1. The van der Waals surface area contributed by atoms with E-state index in [4.69, 9.17) is 15.6 Å². The third-order valence-electron chi connectivity index (χ3n) is 5.85. The lowest BCUT2D eigenvalue weighted by molar-refractivity contribution is -0.192. The number of halogens is 4. The Balaban J connectivity index is 0.000000454. The summed E-state index contributed by atoms with van der Waals surface area (Å²) in [6.45, 7) is 8.30. The van der Waals surface area contributed by atoms with Gasteiger partial charge in [0.25, 0.3) is 0 Å². The molecule has 0 bridgehead atoms. The van der Waals surface area contributed by atoms with Gasteiger partial charge in [-0.3, -0.25) is 4.90 Å². The van der Waals surface area contributed by atoms with Gasteiger partial charge in [0.05, 0.1) is 6.54 Å². The van der Waals surface area contributed by atoms with Crippen LogP contribution in [0.1, 0.15) is 18.7 Å². The first-order valence-electron chi connectivity index (χ1n) is 11.6. The minimum Gasteiger partial charge on any atom is -0.475 e. The van der Waals surface area contributed by atoms with Crippen molar-refractivity contribution in [2.45, 2.75) is 25.6 Å². The van der Waals surface area contributed by atoms with E-state index in [1.165, 1.54) is 31.5 Å². The van der Waals surface area contributed by atoms with Crippen LogP contribution < -0.4 is 16.4 Å². The fraction of sp³-hybridized carbons (Fsp3) is 0.545. The van der Waals surface area contributed by atoms with E-state index in [1.54, 1.807) is 12.1 Å². The number of rotatable bonds is 6. The van der Waals surface area contributed by atoms with Crippen LogP contribution in [0.2, 0.25) is 0 Å². The van der Waals surface area contributed by atoms with Crippen molar-refractivity contribution in [3.63, 3.8) is 0 Å². The molecule has 14 heteroatoms. The molecule has 10 nitrogen and oxygen atoms in total. The molecule has 0 radical (unpaired) electrons. The number of nitrogen functional groups attached to an aromatic ring is 1. The molecule has 0 spiro atoms. The number of aliphatic carboxylic acids is 1. The highest BCUT2D eigenvalue weighted by molar-refractivity contribution is 5.73. The Hall–Kier alpha value is -3.10. The number of hydrogen-bond acceptors (Lipinski definition) is 9. The predicted octanol–water partition coefficient (Wildman–Crippen LogP) is 2.09. The van der Waals surface area contributed by atoms with Crippen molar-refractivity contribution < 1.29 is 27.5 Å². The van der Waals surface area contributed by atoms with Gasteiger partial charge in [0.2, 0.25) is 11.9 Å². The number of carbonyl (C=O) groups is 1. The summed E-state index contributed by atoms with van der Waals surface area (Å²) in [5.74, 6) is -1.01. The number of nitrogens with two attached hydrogens (primary N) is 1. The van der Waals surface area contributed by atoms with Gasteiger partial charge in [0.1, 0.15) is 11.6 Å². The molecule has 36 heavy (non-hydrogen) atoms. The number of alkyl halides is 3. The van der Waals surface area contributed by atoms with Gasteiger partial charge < -0.3 is 26.4 Å². The molecule has 0 amide bonds. The van der Waals surface area contributed by atoms with Crippen molar-refractivity contribution in [3.05, 3.63) is 35.9 Å². The molecule has 0 atom stereocenters. The van der Waals surface area contributed by atoms with Gasteiger partial charge in [-0.1, -0.05) is 0 Å². The molecular weight excluding hydrogens is 484 g/mol. The minimum atomic E-state index is -5.08. The molecule has 0 saturated carbocycles. The molecule has 2 aromatic rings. The first-order valence-corrected chi connectivity index (χ1v) is 11.6. The van der Waals surface area contributed by atoms with Crippen LogP contribution in [0, 0.1) is 11.7 Å². The van der Waals surface area contributed by atoms with Gasteiger partial charge in [0.15, 0.2) is 0 Å². The Kier molecular flexibility index (Phi) is 9.73. The maximum atomic E-state index is 13.1. The molecule has 198 valence electrons. The van der Waals surface area contributed by atoms with Crippen molar-refractivity contribution in [1.29, 1.82) is 0 Å². The molecule has 0 unspecified atom stereocenters. The van der Waals surface area contributed by atoms with Gasteiger partial charge >= 0.3 is 12.1 Å². The maximum absolute atomic E-state index is 13.1. The van der Waals surface area contributed by atoms with Crippen LogP contribution in [0.25, 0.3) is 0 Å². The summed E-state index contributed by atoms with van der Waals surface area (Å²) in [5.41, 5.74) is 6.58. The lowest BCUT2D eigenvalue weighted by Crippen LogP contribution is -2.48. The van der Waals surface area contributed by atoms with Crippen LogP contribution in [0.5, 0.6) is 0 Å². The number of carboxylic acid groups (broad SMARTS) is 1. The fourth-order valence-corrected chi connectivity index (χ4v) is 3.99. The number of carboxylic acids is 1. The molecule has 2 saturated heterocycles. The summed E-state index contributed by atoms with van der Waals surface area (Å²) in [4.78, 5) is 26.8. The number of benzene rings is 1. The summed E-state index contributed by atoms with van der Waals surface area (Å²) in [6.07, 6.45) is -2.51. The van der Waals surface area contributed by atoms with E-state index >= 15 is 0 Å². The highest BCUT2D eigenvalue weighted by Crippen LogP contribution is 2.17. The molecule has 2 aliphatic heterocycles. The van der Waals surface area contributed by atoms with E-state index in [0.29, 0.717) is 24.0 Å². The highest BCUT2D eigenvalue weighted by Gasteiger charge is 2.38. The second-order valence-electron chi connectivity index (χ2n) is 8.64. The quantitative estimate of drug-likeness (QED) is 0.425. The number of hydrogen-bond donors (Lipinski definition) is 4. The zero-order chi connectivity index (χ0) is 26.1. The fourth-order valence-electron chi connectivity index (χ4n) is 3.99. The average molecular weight is 515 g/mol. The number of nitrogens with one attached hydrogen (secondary N) is 2. The largest absolute Gasteiger partial charge is 0.490 e. The molecule has 5 N–H and O–H groups in total. The van der Waals surface area contributed by atoms with Crippen LogP contribution in [0.15, 0.2) is 24.3 Å². The maximum Gasteiger partial charge on any atom is 0.490 e. The molecule has 1 aromatic heterocycles. The Morgan fingerprint density at radius 3 is 2.22 bits per heavy atom. The van der Waals surface area contributed by atoms with Crippen molar-refractivity contribution >= 4 is 23.6 Å². The van der Waals surface area contributed by atoms with E-state index in [2.05, 4.69) is 35.4 Å². The zero-order valence-corrected chi connectivity index (χ0v) is 19.6. The van der Waals surface area contributed by atoms with Crippen molar-refractivity contribution in [2.24, 2.45) is 5.92 Å². The number of piperazine rings is 1. The van der Waals surface area contributed by atoms with Gasteiger partial charge in [0, 0.05) is 38.4 Å². The van der Waals surface area contributed by atoms with E-state index in [9.17, 15) is 17.6 Å². The van der Waals surface area contributed by atoms with Gasteiger partial charge in [-0.05, 0) is 56.1 Å². The summed E-state index contributed by atoms with van der Waals surface area (Å²) < 4.78 is 44.8. The summed E-state index contributed by atoms with van der Waals surface area (Å²) >= 11 is 0. The molecule has 0 aliphatic carbocycles. The molecule has 1 aromatic carbocycles. The van der Waals surface area contributed by atoms with Crippen molar-refractivity contribution in [2.75, 3.05) is 56.9 Å². The molecular formula is C22H30F4N8O2. The summed E-state index contributed by atoms with van der Waals surface area (Å²) in [5, 5.41) is 13.6. The molecule has 4 rings (SSSR count). The second-order valence-corrected chi connectivity index (χ2v) is 8.64. The number of aromatic nitrogens is 3. The molecule has 2 fully saturated rings. The number of piperidine rings is 1. The zero-order valence-electron chi connectivity index (χ0n) is 19.6. The molecule has 2 aliphatic rings. The Morgan fingerprint density at radius 2 is 1.64 bits per heavy atom. The van der Waals surface area contributed by atoms with Gasteiger partial charge in [-0.2, -0.15) is 28.1 Å². The Bertz CT molecular complexity index is 979. The van der Waals surface area contributed by atoms with E-state index in [0.717, 1.165) is 45.2 Å². The van der Waals surface area contributed by atoms with E-state index in [-0.39, 0.29) is 11.8 Å². The highest BCUT2D eigenvalue weighted by atomic mass is 19.4. The van der Waals surface area contributed by atoms with Crippen molar-refractivity contribution in [3.8, 4) is 0 Å². The van der Waals surface area contributed by atoms with E-state index in [1.807, 2.05) is 0 Å². The smallest absolute Gasteiger partial charge is 0.475 e. The first kappa shape index (κ1) is 27.5. The summed E-state index contributed by atoms with van der Waals surface area (Å²) in [6, 6.07) is 6.04. The molecule has 3 heterocycles. The Morgan fingerprint density at radius 1 is 1.06 bits per heavy atom. The number of nitrogens with zero attached hydrogens (tertiary/aromatic N) is 5. The SMILES string of the molecule is Nc1nc(CN2CCN(CC3CCNCC3)CC2)nc(Nc2ccc(F)cc2)n1.O=C(O)C(F)(F)F. The van der Waals surface area contributed by atoms with Crippen LogP contribution in [0.3, 0.4) is 0 Å². The summed E-state index contributed by atoms with van der Waals surface area (Å²) in [7, 11) is 0. The van der Waals surface area contributed by atoms with Crippen LogP contribution >= 0.6 is 0 Å². The van der Waals surface area contributed by atoms with Crippen LogP contribution in [-0.4, -0.2) is 87.8 Å². The van der Waals surface area contributed by atoms with Crippen LogP contribution in [-0.2, 0) is 11.3 Å². The minimum absolute atomic E-state index is 0.184. The van der Waals surface area contributed by atoms with Crippen LogP contribution in [0.4, 0.5) is 35.1 Å². The normalized spacial score (nSPS) is 17.8. The Labute approximate surface area is 205 Å². The standard InChI is InChI=1S/C20H29FN8.C2HF3O2/c21-16-1-3-17(4-2-16)24-20-26-18(25-19(22)27-20)14-29-11-9-28(10-12-29)13-15-5-7-23-8-6-15;3-2(4,5)1(6)7/h1-4,15,23H,5-14H2,(H3,22,24,25,26,27);(H,6,7). The van der Waals surface area contributed by atoms with E-state index < -0.39 is 12.1 Å². The average Bonchev–Trinajstić information content (AvgIpc) is 2.82. The second kappa shape index (κ2) is 12.7. The van der Waals surface area contributed by atoms with Gasteiger partial charge in [-0.25, -0.2) is 9.18 Å². The third kappa shape index (κ3) is 9.17. The van der Waals surface area contributed by atoms with Gasteiger partial charge in [-0.15, -0.1) is 0 Å². The third-order valence-corrected chi connectivity index (χ3v) is 5.85.